The molecule has 0 unspecified atom stereocenters. The largest absolute Gasteiger partial charge is 0.445 e. The van der Waals surface area contributed by atoms with E-state index in [-0.39, 0.29) is 18.8 Å². The highest BCUT2D eigenvalue weighted by atomic mass is 35.5. The van der Waals surface area contributed by atoms with Crippen molar-refractivity contribution in [2.75, 3.05) is 46.3 Å². The second kappa shape index (κ2) is 11.1. The van der Waals surface area contributed by atoms with Crippen LogP contribution in [0.3, 0.4) is 0 Å². The van der Waals surface area contributed by atoms with Crippen LogP contribution in [-0.4, -0.2) is 78.8 Å². The van der Waals surface area contributed by atoms with Crippen LogP contribution >= 0.6 is 23.2 Å². The van der Waals surface area contributed by atoms with Gasteiger partial charge in [-0.05, 0) is 57.5 Å². The third-order valence-corrected chi connectivity index (χ3v) is 5.02. The van der Waals surface area contributed by atoms with Crippen molar-refractivity contribution in [3.63, 3.8) is 0 Å². The molecule has 30 heavy (non-hydrogen) atoms. The summed E-state index contributed by atoms with van der Waals surface area (Å²) in [6.07, 6.45) is 0.196. The average molecular weight is 460 g/mol. The summed E-state index contributed by atoms with van der Waals surface area (Å²) in [6, 6.07) is 5.10. The van der Waals surface area contributed by atoms with Gasteiger partial charge in [-0.3, -0.25) is 4.90 Å². The fourth-order valence-electron chi connectivity index (χ4n) is 3.05. The van der Waals surface area contributed by atoms with Crippen molar-refractivity contribution in [3.8, 4) is 0 Å². The molecule has 1 heterocycles. The molecule has 0 saturated carbocycles. The molecule has 0 aromatic heterocycles. The van der Waals surface area contributed by atoms with E-state index in [1.54, 1.807) is 35.0 Å². The maximum atomic E-state index is 12.3. The van der Waals surface area contributed by atoms with Crippen LogP contribution in [0.4, 0.5) is 9.59 Å². The second-order valence-corrected chi connectivity index (χ2v) is 9.29. The molecule has 2 amide bonds. The predicted octanol–water partition coefficient (Wildman–Crippen LogP) is 4.50. The van der Waals surface area contributed by atoms with Gasteiger partial charge in [0.1, 0.15) is 12.2 Å². The van der Waals surface area contributed by atoms with Crippen molar-refractivity contribution < 1.29 is 19.1 Å². The highest BCUT2D eigenvalue weighted by Crippen LogP contribution is 2.20. The van der Waals surface area contributed by atoms with E-state index < -0.39 is 5.60 Å². The smallest absolute Gasteiger partial charge is 0.410 e. The highest BCUT2D eigenvalue weighted by Gasteiger charge is 2.23. The van der Waals surface area contributed by atoms with Gasteiger partial charge in [-0.25, -0.2) is 9.59 Å². The Morgan fingerprint density at radius 3 is 2.23 bits per heavy atom. The van der Waals surface area contributed by atoms with Gasteiger partial charge in [0.05, 0.1) is 0 Å². The van der Waals surface area contributed by atoms with Crippen LogP contribution in [0, 0.1) is 0 Å². The van der Waals surface area contributed by atoms with Crippen molar-refractivity contribution in [2.45, 2.75) is 39.4 Å². The van der Waals surface area contributed by atoms with Crippen LogP contribution in [0.15, 0.2) is 18.2 Å². The fraction of sp³-hybridized carbons (Fsp3) is 0.619. The van der Waals surface area contributed by atoms with Gasteiger partial charge in [0, 0.05) is 49.8 Å². The summed E-state index contributed by atoms with van der Waals surface area (Å²) in [5.41, 5.74) is 0.267. The molecular formula is C21H31Cl2N3O4. The first-order chi connectivity index (χ1) is 14.0. The zero-order valence-corrected chi connectivity index (χ0v) is 19.6. The number of amides is 2. The maximum absolute atomic E-state index is 12.3. The van der Waals surface area contributed by atoms with E-state index in [2.05, 4.69) is 4.90 Å². The van der Waals surface area contributed by atoms with Gasteiger partial charge in [-0.2, -0.15) is 0 Å². The molecule has 1 fully saturated rings. The van der Waals surface area contributed by atoms with Gasteiger partial charge in [0.15, 0.2) is 0 Å². The number of ether oxygens (including phenoxy) is 2. The molecule has 0 atom stereocenters. The van der Waals surface area contributed by atoms with Gasteiger partial charge in [-0.1, -0.05) is 23.2 Å². The minimum Gasteiger partial charge on any atom is -0.445 e. The lowest BCUT2D eigenvalue weighted by molar-refractivity contribution is 0.0287. The van der Waals surface area contributed by atoms with Crippen LogP contribution in [0.5, 0.6) is 0 Å². The summed E-state index contributed by atoms with van der Waals surface area (Å²) in [5, 5.41) is 1.03. The second-order valence-electron chi connectivity index (χ2n) is 8.42. The summed E-state index contributed by atoms with van der Waals surface area (Å²) < 4.78 is 10.7. The molecule has 1 aromatic rings. The number of rotatable bonds is 6. The van der Waals surface area contributed by atoms with Crippen LogP contribution in [0.2, 0.25) is 10.0 Å². The van der Waals surface area contributed by atoms with Gasteiger partial charge in [0.2, 0.25) is 0 Å². The molecule has 1 aliphatic rings. The summed E-state index contributed by atoms with van der Waals surface area (Å²) in [4.78, 5) is 29.9. The SMILES string of the molecule is CN(CCCN1CCN(C(=O)OCc2cc(Cl)cc(Cl)c2)CC1)C(=O)OC(C)(C)C. The minimum absolute atomic E-state index is 0.135. The lowest BCUT2D eigenvalue weighted by Gasteiger charge is -2.34. The third-order valence-electron chi connectivity index (χ3n) is 4.59. The first kappa shape index (κ1) is 24.6. The van der Waals surface area contributed by atoms with E-state index >= 15 is 0 Å². The van der Waals surface area contributed by atoms with E-state index in [9.17, 15) is 9.59 Å². The number of carbonyl (C=O) groups is 2. The van der Waals surface area contributed by atoms with Gasteiger partial charge < -0.3 is 19.3 Å². The summed E-state index contributed by atoms with van der Waals surface area (Å²) in [7, 11) is 1.75. The molecule has 2 rings (SSSR count). The first-order valence-electron chi connectivity index (χ1n) is 10.1. The lowest BCUT2D eigenvalue weighted by Crippen LogP contribution is -2.49. The van der Waals surface area contributed by atoms with E-state index in [1.165, 1.54) is 0 Å². The number of nitrogens with zero attached hydrogens (tertiary/aromatic N) is 3. The molecule has 0 aliphatic carbocycles. The highest BCUT2D eigenvalue weighted by molar-refractivity contribution is 6.34. The Morgan fingerprint density at radius 1 is 1.07 bits per heavy atom. The minimum atomic E-state index is -0.491. The van der Waals surface area contributed by atoms with E-state index in [1.807, 2.05) is 20.8 Å². The molecule has 1 aromatic carbocycles. The Morgan fingerprint density at radius 2 is 1.67 bits per heavy atom. The Hall–Kier alpha value is -1.70. The Balaban J connectivity index is 1.65. The van der Waals surface area contributed by atoms with Crippen molar-refractivity contribution in [3.05, 3.63) is 33.8 Å². The van der Waals surface area contributed by atoms with Crippen molar-refractivity contribution in [2.24, 2.45) is 0 Å². The predicted molar refractivity (Wildman–Crippen MR) is 118 cm³/mol. The molecule has 0 radical (unpaired) electrons. The molecule has 0 N–H and O–H groups in total. The molecule has 1 saturated heterocycles. The van der Waals surface area contributed by atoms with Gasteiger partial charge in [0.25, 0.3) is 0 Å². The van der Waals surface area contributed by atoms with Crippen molar-refractivity contribution in [1.82, 2.24) is 14.7 Å². The number of hydrogen-bond donors (Lipinski definition) is 0. The molecular weight excluding hydrogens is 429 g/mol. The van der Waals surface area contributed by atoms with E-state index in [4.69, 9.17) is 32.7 Å². The molecule has 0 bridgehead atoms. The van der Waals surface area contributed by atoms with E-state index in [0.29, 0.717) is 29.7 Å². The number of hydrogen-bond acceptors (Lipinski definition) is 5. The molecule has 7 nitrogen and oxygen atoms in total. The molecule has 0 spiro atoms. The van der Waals surface area contributed by atoms with Crippen LogP contribution in [0.1, 0.15) is 32.8 Å². The number of carbonyl (C=O) groups excluding carboxylic acids is 2. The van der Waals surface area contributed by atoms with Gasteiger partial charge in [-0.15, -0.1) is 0 Å². The first-order valence-corrected chi connectivity index (χ1v) is 10.8. The summed E-state index contributed by atoms with van der Waals surface area (Å²) >= 11 is 11.9. The van der Waals surface area contributed by atoms with Crippen LogP contribution in [0.25, 0.3) is 0 Å². The fourth-order valence-corrected chi connectivity index (χ4v) is 3.62. The normalized spacial score (nSPS) is 15.1. The quantitative estimate of drug-likeness (QED) is 0.626. The van der Waals surface area contributed by atoms with Crippen molar-refractivity contribution >= 4 is 35.4 Å². The zero-order valence-electron chi connectivity index (χ0n) is 18.1. The molecule has 9 heteroatoms. The standard InChI is InChI=1S/C21H31Cl2N3O4/c1-21(2,3)30-19(27)24(4)6-5-7-25-8-10-26(11-9-25)20(28)29-15-16-12-17(22)14-18(23)13-16/h12-14H,5-11,15H2,1-4H3. The van der Waals surface area contributed by atoms with Crippen molar-refractivity contribution in [1.29, 1.82) is 0 Å². The van der Waals surface area contributed by atoms with E-state index in [0.717, 1.165) is 31.6 Å². The third kappa shape index (κ3) is 8.58. The Labute approximate surface area is 188 Å². The van der Waals surface area contributed by atoms with Gasteiger partial charge >= 0.3 is 12.2 Å². The zero-order chi connectivity index (χ0) is 22.3. The lowest BCUT2D eigenvalue weighted by atomic mass is 10.2. The topological polar surface area (TPSA) is 62.3 Å². The maximum Gasteiger partial charge on any atom is 0.410 e. The monoisotopic (exact) mass is 459 g/mol. The number of piperazine rings is 1. The average Bonchev–Trinajstić information content (AvgIpc) is 2.64. The summed E-state index contributed by atoms with van der Waals surface area (Å²) in [6.45, 7) is 9.94. The molecule has 1 aliphatic heterocycles. The molecule has 168 valence electrons. The van der Waals surface area contributed by atoms with Crippen LogP contribution < -0.4 is 0 Å². The Bertz CT molecular complexity index is 711. The number of benzene rings is 1. The number of halogens is 2. The summed E-state index contributed by atoms with van der Waals surface area (Å²) in [5.74, 6) is 0. The van der Waals surface area contributed by atoms with Crippen LogP contribution in [-0.2, 0) is 16.1 Å². The Kier molecular flexibility index (Phi) is 9.07.